The lowest BCUT2D eigenvalue weighted by Crippen LogP contribution is -2.25. The van der Waals surface area contributed by atoms with E-state index < -0.39 is 0 Å². The van der Waals surface area contributed by atoms with Gasteiger partial charge in [0.05, 0.1) is 23.1 Å². The number of anilines is 1. The molecule has 0 radical (unpaired) electrons. The second-order valence-corrected chi connectivity index (χ2v) is 4.93. The first-order chi connectivity index (χ1) is 9.52. The van der Waals surface area contributed by atoms with Crippen LogP contribution in [0.25, 0.3) is 0 Å². The van der Waals surface area contributed by atoms with Crippen molar-refractivity contribution in [1.82, 2.24) is 4.90 Å². The number of carbonyl (C=O) groups is 3. The molecule has 0 aromatic heterocycles. The molecular formula is C14H11N3O3. The lowest BCUT2D eigenvalue weighted by Gasteiger charge is -2.16. The van der Waals surface area contributed by atoms with E-state index in [1.807, 2.05) is 0 Å². The predicted molar refractivity (Wildman–Crippen MR) is 68.9 cm³/mol. The van der Waals surface area contributed by atoms with E-state index >= 15 is 0 Å². The van der Waals surface area contributed by atoms with Crippen LogP contribution < -0.4 is 4.90 Å². The average molecular weight is 269 g/mol. The second-order valence-electron chi connectivity index (χ2n) is 4.93. The van der Waals surface area contributed by atoms with Crippen molar-refractivity contribution in [3.63, 3.8) is 0 Å². The molecule has 2 aliphatic rings. The van der Waals surface area contributed by atoms with E-state index in [1.165, 1.54) is 11.9 Å². The van der Waals surface area contributed by atoms with Gasteiger partial charge in [-0.3, -0.25) is 19.3 Å². The maximum atomic E-state index is 11.9. The van der Waals surface area contributed by atoms with Crippen LogP contribution in [0.5, 0.6) is 0 Å². The zero-order chi connectivity index (χ0) is 14.4. The molecule has 20 heavy (non-hydrogen) atoms. The molecule has 1 aromatic rings. The molecule has 0 aliphatic carbocycles. The Morgan fingerprint density at radius 3 is 2.55 bits per heavy atom. The first-order valence-electron chi connectivity index (χ1n) is 6.19. The Bertz CT molecular complexity index is 689. The van der Waals surface area contributed by atoms with Crippen molar-refractivity contribution in [3.8, 4) is 6.07 Å². The Balaban J connectivity index is 1.99. The number of nitriles is 1. The van der Waals surface area contributed by atoms with Gasteiger partial charge in [-0.15, -0.1) is 0 Å². The van der Waals surface area contributed by atoms with Gasteiger partial charge in [0.15, 0.2) is 0 Å². The van der Waals surface area contributed by atoms with Gasteiger partial charge in [0.1, 0.15) is 0 Å². The molecule has 2 heterocycles. The zero-order valence-corrected chi connectivity index (χ0v) is 10.8. The molecular weight excluding hydrogens is 258 g/mol. The van der Waals surface area contributed by atoms with Crippen molar-refractivity contribution in [3.05, 3.63) is 29.3 Å². The number of rotatable bonds is 1. The van der Waals surface area contributed by atoms with Crippen LogP contribution in [0.15, 0.2) is 18.2 Å². The summed E-state index contributed by atoms with van der Waals surface area (Å²) in [7, 11) is 1.43. The van der Waals surface area contributed by atoms with Crippen molar-refractivity contribution < 1.29 is 14.4 Å². The highest BCUT2D eigenvalue weighted by Crippen LogP contribution is 2.30. The summed E-state index contributed by atoms with van der Waals surface area (Å²) in [5.41, 5.74) is 1.22. The Morgan fingerprint density at radius 1 is 1.20 bits per heavy atom. The molecule has 0 N–H and O–H groups in total. The maximum absolute atomic E-state index is 11.9. The number of hydrogen-bond donors (Lipinski definition) is 0. The fourth-order valence-corrected chi connectivity index (χ4v) is 2.56. The van der Waals surface area contributed by atoms with Gasteiger partial charge in [-0.05, 0) is 18.2 Å². The van der Waals surface area contributed by atoms with E-state index in [0.29, 0.717) is 23.4 Å². The van der Waals surface area contributed by atoms with E-state index in [9.17, 15) is 14.4 Å². The average Bonchev–Trinajstić information content (AvgIpc) is 2.93. The van der Waals surface area contributed by atoms with Gasteiger partial charge in [-0.2, -0.15) is 5.26 Å². The highest BCUT2D eigenvalue weighted by molar-refractivity contribution is 6.21. The van der Waals surface area contributed by atoms with Crippen LogP contribution >= 0.6 is 0 Å². The molecule has 6 nitrogen and oxygen atoms in total. The predicted octanol–water partition coefficient (Wildman–Crippen LogP) is 0.789. The number of hydrogen-bond acceptors (Lipinski definition) is 4. The number of amides is 3. The first kappa shape index (κ1) is 12.4. The molecule has 2 aliphatic heterocycles. The van der Waals surface area contributed by atoms with Gasteiger partial charge in [0, 0.05) is 25.7 Å². The maximum Gasteiger partial charge on any atom is 0.261 e. The Hall–Kier alpha value is -2.68. The van der Waals surface area contributed by atoms with Crippen molar-refractivity contribution in [2.24, 2.45) is 5.92 Å². The molecule has 0 saturated carbocycles. The van der Waals surface area contributed by atoms with Gasteiger partial charge in [-0.25, -0.2) is 0 Å². The van der Waals surface area contributed by atoms with Crippen LogP contribution in [-0.2, 0) is 4.79 Å². The number of carbonyl (C=O) groups excluding carboxylic acids is 3. The standard InChI is InChI=1S/C14H11N3O3/c1-16-13(19)10-3-2-9(5-11(10)14(16)20)17-7-8(6-15)4-12(17)18/h2-3,5,8H,4,7H2,1H3. The zero-order valence-electron chi connectivity index (χ0n) is 10.8. The van der Waals surface area contributed by atoms with Crippen LogP contribution in [0.3, 0.4) is 0 Å². The lowest BCUT2D eigenvalue weighted by molar-refractivity contribution is -0.117. The van der Waals surface area contributed by atoms with Crippen LogP contribution in [0.4, 0.5) is 5.69 Å². The summed E-state index contributed by atoms with van der Waals surface area (Å²) in [4.78, 5) is 38.1. The molecule has 100 valence electrons. The highest BCUT2D eigenvalue weighted by Gasteiger charge is 2.35. The molecule has 0 bridgehead atoms. The van der Waals surface area contributed by atoms with Crippen LogP contribution in [0.1, 0.15) is 27.1 Å². The molecule has 1 saturated heterocycles. The summed E-state index contributed by atoms with van der Waals surface area (Å²) in [6, 6.07) is 6.83. The van der Waals surface area contributed by atoms with Gasteiger partial charge >= 0.3 is 0 Å². The topological polar surface area (TPSA) is 81.5 Å². The van der Waals surface area contributed by atoms with Crippen molar-refractivity contribution in [2.45, 2.75) is 6.42 Å². The minimum atomic E-state index is -0.365. The van der Waals surface area contributed by atoms with Crippen molar-refractivity contribution >= 4 is 23.4 Å². The lowest BCUT2D eigenvalue weighted by atomic mass is 10.1. The van der Waals surface area contributed by atoms with E-state index in [4.69, 9.17) is 5.26 Å². The third-order valence-corrected chi connectivity index (χ3v) is 3.69. The summed E-state index contributed by atoms with van der Waals surface area (Å²) in [6.07, 6.45) is 0.195. The molecule has 3 amide bonds. The molecule has 6 heteroatoms. The minimum absolute atomic E-state index is 0.137. The smallest absolute Gasteiger partial charge is 0.261 e. The fourth-order valence-electron chi connectivity index (χ4n) is 2.56. The highest BCUT2D eigenvalue weighted by atomic mass is 16.2. The summed E-state index contributed by atoms with van der Waals surface area (Å²) >= 11 is 0. The minimum Gasteiger partial charge on any atom is -0.311 e. The summed E-state index contributed by atoms with van der Waals surface area (Å²) < 4.78 is 0. The van der Waals surface area contributed by atoms with Crippen molar-refractivity contribution in [1.29, 1.82) is 5.26 Å². The van der Waals surface area contributed by atoms with E-state index in [1.54, 1.807) is 18.2 Å². The van der Waals surface area contributed by atoms with Crippen LogP contribution in [0.2, 0.25) is 0 Å². The monoisotopic (exact) mass is 269 g/mol. The third kappa shape index (κ3) is 1.60. The second kappa shape index (κ2) is 4.17. The van der Waals surface area contributed by atoms with Gasteiger partial charge in [0.25, 0.3) is 11.8 Å². The SMILES string of the molecule is CN1C(=O)c2ccc(N3CC(C#N)CC3=O)cc2C1=O. The number of benzene rings is 1. The van der Waals surface area contributed by atoms with Gasteiger partial charge in [-0.1, -0.05) is 0 Å². The summed E-state index contributed by atoms with van der Waals surface area (Å²) in [5, 5.41) is 8.88. The Kier molecular flexibility index (Phi) is 2.57. The quantitative estimate of drug-likeness (QED) is 0.706. The van der Waals surface area contributed by atoms with Gasteiger partial charge < -0.3 is 4.90 Å². The molecule has 1 atom stereocenters. The molecule has 1 aromatic carbocycles. The Labute approximate surface area is 115 Å². The molecule has 1 unspecified atom stereocenters. The van der Waals surface area contributed by atoms with E-state index in [0.717, 1.165) is 4.90 Å². The number of imide groups is 1. The first-order valence-corrected chi connectivity index (χ1v) is 6.19. The van der Waals surface area contributed by atoms with Gasteiger partial charge in [0.2, 0.25) is 5.91 Å². The normalized spacial score (nSPS) is 21.4. The van der Waals surface area contributed by atoms with Crippen LogP contribution in [-0.4, -0.2) is 36.2 Å². The van der Waals surface area contributed by atoms with Crippen molar-refractivity contribution in [2.75, 3.05) is 18.5 Å². The largest absolute Gasteiger partial charge is 0.311 e. The van der Waals surface area contributed by atoms with Crippen LogP contribution in [0, 0.1) is 17.2 Å². The fraction of sp³-hybridized carbons (Fsp3) is 0.286. The number of nitrogens with zero attached hydrogens (tertiary/aromatic N) is 3. The molecule has 0 spiro atoms. The van der Waals surface area contributed by atoms with E-state index in [-0.39, 0.29) is 30.1 Å². The summed E-state index contributed by atoms with van der Waals surface area (Å²) in [5.74, 6) is -1.16. The van der Waals surface area contributed by atoms with E-state index in [2.05, 4.69) is 6.07 Å². The molecule has 1 fully saturated rings. The third-order valence-electron chi connectivity index (χ3n) is 3.69. The molecule has 3 rings (SSSR count). The Morgan fingerprint density at radius 2 is 1.90 bits per heavy atom. The number of fused-ring (bicyclic) bond motifs is 1. The summed E-state index contributed by atoms with van der Waals surface area (Å²) in [6.45, 7) is 0.325.